The van der Waals surface area contributed by atoms with Gasteiger partial charge in [-0.05, 0) is 0 Å². The lowest BCUT2D eigenvalue weighted by atomic mass is 9.89. The molecule has 0 radical (unpaired) electrons. The predicted octanol–water partition coefficient (Wildman–Crippen LogP) is 1.41. The van der Waals surface area contributed by atoms with Crippen LogP contribution in [-0.2, 0) is 9.53 Å². The Kier molecular flexibility index (Phi) is 6.74. The van der Waals surface area contributed by atoms with Gasteiger partial charge < -0.3 is 19.0 Å². The summed E-state index contributed by atoms with van der Waals surface area (Å²) in [6, 6.07) is 6.76. The van der Waals surface area contributed by atoms with Gasteiger partial charge in [-0.25, -0.2) is 0 Å². The van der Waals surface area contributed by atoms with Crippen molar-refractivity contribution in [3.63, 3.8) is 0 Å². The molecule has 0 heterocycles. The van der Waals surface area contributed by atoms with Crippen LogP contribution in [0.25, 0.3) is 0 Å². The molecule has 2 rings (SSSR count). The van der Waals surface area contributed by atoms with E-state index in [0.29, 0.717) is 22.2 Å². The van der Waals surface area contributed by atoms with Crippen molar-refractivity contribution >= 4 is 17.5 Å². The molecule has 1 aromatic carbocycles. The monoisotopic (exact) mass is 388 g/mol. The fourth-order valence-electron chi connectivity index (χ4n) is 3.12. The van der Waals surface area contributed by atoms with Gasteiger partial charge in [-0.3, -0.25) is 14.4 Å². The van der Waals surface area contributed by atoms with Gasteiger partial charge in [-0.1, -0.05) is 24.3 Å². The number of allylic oxidation sites excluding steroid dienone is 2. The zero-order valence-corrected chi connectivity index (χ0v) is 17.6. The number of rotatable bonds is 8. The third-order valence-corrected chi connectivity index (χ3v) is 4.73. The Morgan fingerprint density at radius 2 is 1.54 bits per heavy atom. The zero-order chi connectivity index (χ0) is 21.1. The SMILES string of the molecule is COCCN(C(C)=O)C1=C(N(C)CC[N+](C)(C)C)C(=O)c2ccccc2C1=O. The Bertz CT molecular complexity index is 808. The molecular formula is C21H30N3O4+. The highest BCUT2D eigenvalue weighted by Gasteiger charge is 2.38. The summed E-state index contributed by atoms with van der Waals surface area (Å²) in [5, 5.41) is 0. The molecule has 1 aliphatic rings. The molecule has 0 bridgehead atoms. The van der Waals surface area contributed by atoms with E-state index in [9.17, 15) is 14.4 Å². The molecule has 0 spiro atoms. The number of fused-ring (bicyclic) bond motifs is 1. The molecule has 0 aromatic heterocycles. The fraction of sp³-hybridized carbons (Fsp3) is 0.476. The fourth-order valence-corrected chi connectivity index (χ4v) is 3.12. The van der Waals surface area contributed by atoms with Gasteiger partial charge in [0.15, 0.2) is 0 Å². The number of carbonyl (C=O) groups is 3. The van der Waals surface area contributed by atoms with Crippen LogP contribution in [0.4, 0.5) is 0 Å². The maximum atomic E-state index is 13.3. The van der Waals surface area contributed by atoms with Crippen LogP contribution in [0, 0.1) is 0 Å². The minimum absolute atomic E-state index is 0.136. The van der Waals surface area contributed by atoms with Gasteiger partial charge in [0.1, 0.15) is 11.4 Å². The average molecular weight is 388 g/mol. The van der Waals surface area contributed by atoms with Gasteiger partial charge in [-0.15, -0.1) is 0 Å². The van der Waals surface area contributed by atoms with Gasteiger partial charge in [0, 0.05) is 38.8 Å². The van der Waals surface area contributed by atoms with E-state index in [1.54, 1.807) is 36.2 Å². The number of nitrogens with zero attached hydrogens (tertiary/aromatic N) is 3. The Morgan fingerprint density at radius 1 is 1.00 bits per heavy atom. The van der Waals surface area contributed by atoms with Crippen molar-refractivity contribution < 1.29 is 23.6 Å². The largest absolute Gasteiger partial charge is 0.383 e. The van der Waals surface area contributed by atoms with Crippen LogP contribution in [0.15, 0.2) is 35.7 Å². The third-order valence-electron chi connectivity index (χ3n) is 4.73. The van der Waals surface area contributed by atoms with Crippen LogP contribution in [0.2, 0.25) is 0 Å². The number of ketones is 2. The maximum Gasteiger partial charge on any atom is 0.224 e. The van der Waals surface area contributed by atoms with Crippen molar-refractivity contribution in [1.29, 1.82) is 0 Å². The predicted molar refractivity (Wildman–Crippen MR) is 107 cm³/mol. The van der Waals surface area contributed by atoms with Gasteiger partial charge in [0.05, 0.1) is 40.8 Å². The number of benzene rings is 1. The number of Topliss-reactive ketones (excluding diaryl/α,β-unsaturated/α-hetero) is 2. The first kappa shape index (κ1) is 21.8. The van der Waals surface area contributed by atoms with Gasteiger partial charge >= 0.3 is 0 Å². The first-order valence-electron chi connectivity index (χ1n) is 9.30. The molecule has 1 aromatic rings. The molecule has 0 fully saturated rings. The smallest absolute Gasteiger partial charge is 0.224 e. The van der Waals surface area contributed by atoms with Crippen molar-refractivity contribution in [2.45, 2.75) is 6.92 Å². The zero-order valence-electron chi connectivity index (χ0n) is 17.6. The van der Waals surface area contributed by atoms with Crippen molar-refractivity contribution in [2.75, 3.05) is 61.5 Å². The highest BCUT2D eigenvalue weighted by molar-refractivity contribution is 6.27. The van der Waals surface area contributed by atoms with E-state index >= 15 is 0 Å². The van der Waals surface area contributed by atoms with E-state index in [0.717, 1.165) is 6.54 Å². The number of methoxy groups -OCH3 is 1. The van der Waals surface area contributed by atoms with E-state index < -0.39 is 0 Å². The maximum absolute atomic E-state index is 13.3. The second-order valence-electron chi connectivity index (χ2n) is 8.00. The Balaban J connectivity index is 2.59. The molecule has 0 unspecified atom stereocenters. The lowest BCUT2D eigenvalue weighted by Crippen LogP contribution is -2.45. The molecule has 28 heavy (non-hydrogen) atoms. The van der Waals surface area contributed by atoms with E-state index in [1.807, 2.05) is 0 Å². The van der Waals surface area contributed by atoms with Crippen molar-refractivity contribution in [3.05, 3.63) is 46.8 Å². The topological polar surface area (TPSA) is 66.9 Å². The van der Waals surface area contributed by atoms with Gasteiger partial charge in [0.2, 0.25) is 17.5 Å². The van der Waals surface area contributed by atoms with Crippen LogP contribution in [0.5, 0.6) is 0 Å². The summed E-state index contributed by atoms with van der Waals surface area (Å²) in [5.41, 5.74) is 1.11. The molecule has 1 aliphatic carbocycles. The van der Waals surface area contributed by atoms with Crippen molar-refractivity contribution in [1.82, 2.24) is 9.80 Å². The first-order chi connectivity index (χ1) is 13.1. The standard InChI is InChI=1S/C21H30N3O4/c1-15(25)23(12-14-28-6)19-18(22(2)11-13-24(3,4)5)20(26)16-9-7-8-10-17(16)21(19)27/h7-10H,11-14H2,1-6H3/q+1. The highest BCUT2D eigenvalue weighted by atomic mass is 16.5. The number of amides is 1. The van der Waals surface area contributed by atoms with Crippen LogP contribution in [0.3, 0.4) is 0 Å². The molecule has 7 heteroatoms. The number of carbonyl (C=O) groups excluding carboxylic acids is 3. The first-order valence-corrected chi connectivity index (χ1v) is 9.30. The van der Waals surface area contributed by atoms with Crippen LogP contribution in [-0.4, -0.2) is 93.3 Å². The molecule has 7 nitrogen and oxygen atoms in total. The summed E-state index contributed by atoms with van der Waals surface area (Å²) in [6.07, 6.45) is 0. The Hall–Kier alpha value is -2.51. The van der Waals surface area contributed by atoms with Gasteiger partial charge in [-0.2, -0.15) is 0 Å². The molecule has 1 amide bonds. The van der Waals surface area contributed by atoms with E-state index in [2.05, 4.69) is 21.1 Å². The second kappa shape index (κ2) is 8.67. The van der Waals surface area contributed by atoms with E-state index in [-0.39, 0.29) is 42.0 Å². The normalized spacial score (nSPS) is 14.2. The minimum atomic E-state index is -0.311. The number of quaternary nitrogens is 1. The van der Waals surface area contributed by atoms with Crippen LogP contribution < -0.4 is 0 Å². The second-order valence-corrected chi connectivity index (χ2v) is 8.00. The summed E-state index contributed by atoms with van der Waals surface area (Å²) >= 11 is 0. The molecular weight excluding hydrogens is 358 g/mol. The molecule has 0 saturated carbocycles. The Morgan fingerprint density at radius 3 is 2.00 bits per heavy atom. The summed E-state index contributed by atoms with van der Waals surface area (Å²) in [7, 11) is 9.51. The molecule has 0 N–H and O–H groups in total. The molecule has 152 valence electrons. The summed E-state index contributed by atoms with van der Waals surface area (Å²) in [5.74, 6) is -0.850. The minimum Gasteiger partial charge on any atom is -0.383 e. The van der Waals surface area contributed by atoms with E-state index in [4.69, 9.17) is 4.74 Å². The van der Waals surface area contributed by atoms with Gasteiger partial charge in [0.25, 0.3) is 0 Å². The summed E-state index contributed by atoms with van der Waals surface area (Å²) in [4.78, 5) is 42.1. The van der Waals surface area contributed by atoms with Crippen molar-refractivity contribution in [3.8, 4) is 0 Å². The number of hydrogen-bond acceptors (Lipinski definition) is 5. The average Bonchev–Trinajstić information content (AvgIpc) is 2.63. The van der Waals surface area contributed by atoms with Crippen LogP contribution in [0.1, 0.15) is 27.6 Å². The molecule has 0 aliphatic heterocycles. The number of likely N-dealkylation sites (N-methyl/N-ethyl adjacent to an activating group) is 2. The Labute approximate surface area is 166 Å². The van der Waals surface area contributed by atoms with Crippen molar-refractivity contribution in [2.24, 2.45) is 0 Å². The van der Waals surface area contributed by atoms with E-state index in [1.165, 1.54) is 18.9 Å². The lowest BCUT2D eigenvalue weighted by Gasteiger charge is -2.34. The quantitative estimate of drug-likeness (QED) is 0.630. The molecule has 0 saturated heterocycles. The lowest BCUT2D eigenvalue weighted by molar-refractivity contribution is -0.869. The highest BCUT2D eigenvalue weighted by Crippen LogP contribution is 2.30. The third kappa shape index (κ3) is 4.66. The number of hydrogen-bond donors (Lipinski definition) is 0. The number of ether oxygens (including phenoxy) is 1. The molecule has 0 atom stereocenters. The van der Waals surface area contributed by atoms with Crippen LogP contribution >= 0.6 is 0 Å². The summed E-state index contributed by atoms with van der Waals surface area (Å²) in [6.45, 7) is 3.20. The summed E-state index contributed by atoms with van der Waals surface area (Å²) < 4.78 is 5.82.